The van der Waals surface area contributed by atoms with Crippen LogP contribution in [0.15, 0.2) is 61.2 Å². The maximum Gasteiger partial charge on any atom is 0.259 e. The molecule has 1 aliphatic rings. The number of pyridine rings is 1. The number of benzene rings is 2. The normalized spacial score (nSPS) is 13.3. The van der Waals surface area contributed by atoms with Crippen molar-refractivity contribution in [1.29, 1.82) is 0 Å². The second-order valence-corrected chi connectivity index (χ2v) is 9.30. The summed E-state index contributed by atoms with van der Waals surface area (Å²) in [5.74, 6) is 2.28. The Labute approximate surface area is 213 Å². The summed E-state index contributed by atoms with van der Waals surface area (Å²) in [6, 6.07) is 11.3. The van der Waals surface area contributed by atoms with Crippen LogP contribution in [0.1, 0.15) is 34.8 Å². The molecule has 0 atom stereocenters. The quantitative estimate of drug-likeness (QED) is 0.367. The SMILES string of the molecule is O=C=c1[nH]c2ccc(-n3ncc(C(=O)Nc4cnc(-n5nccn5)c(Cl)c4)c3C3CC3)c3cccc1c23. The van der Waals surface area contributed by atoms with Gasteiger partial charge in [-0.3, -0.25) is 4.79 Å². The number of rotatable bonds is 5. The predicted molar refractivity (Wildman–Crippen MR) is 137 cm³/mol. The third-order valence-electron chi connectivity index (χ3n) is 6.58. The van der Waals surface area contributed by atoms with E-state index in [1.165, 1.54) is 23.4 Å². The van der Waals surface area contributed by atoms with Crippen LogP contribution in [0, 0.1) is 0 Å². The smallest absolute Gasteiger partial charge is 0.259 e. The lowest BCUT2D eigenvalue weighted by Crippen LogP contribution is -2.15. The monoisotopic (exact) mass is 508 g/mol. The van der Waals surface area contributed by atoms with Gasteiger partial charge in [0, 0.05) is 27.6 Å². The van der Waals surface area contributed by atoms with Crippen LogP contribution in [-0.2, 0) is 4.79 Å². The summed E-state index contributed by atoms with van der Waals surface area (Å²) < 4.78 is 1.84. The van der Waals surface area contributed by atoms with Crippen LogP contribution < -0.4 is 10.7 Å². The number of hydrogen-bond acceptors (Lipinski definition) is 6. The molecule has 1 amide bonds. The summed E-state index contributed by atoms with van der Waals surface area (Å²) in [6.45, 7) is 0. The third-order valence-corrected chi connectivity index (χ3v) is 6.86. The van der Waals surface area contributed by atoms with Crippen molar-refractivity contribution in [2.45, 2.75) is 18.8 Å². The van der Waals surface area contributed by atoms with Crippen molar-refractivity contribution in [2.24, 2.45) is 0 Å². The maximum absolute atomic E-state index is 13.4. The topological polar surface area (TPSA) is 123 Å². The second kappa shape index (κ2) is 8.12. The van der Waals surface area contributed by atoms with Gasteiger partial charge in [0.1, 0.15) is 5.35 Å². The Hall–Kier alpha value is -4.79. The van der Waals surface area contributed by atoms with Crippen LogP contribution >= 0.6 is 11.6 Å². The van der Waals surface area contributed by atoms with Crippen molar-refractivity contribution >= 4 is 50.8 Å². The highest BCUT2D eigenvalue weighted by Crippen LogP contribution is 2.43. The van der Waals surface area contributed by atoms with E-state index in [1.807, 2.05) is 41.0 Å². The molecule has 7 rings (SSSR count). The van der Waals surface area contributed by atoms with E-state index in [1.54, 1.807) is 12.3 Å². The van der Waals surface area contributed by atoms with Gasteiger partial charge in [0.15, 0.2) is 11.8 Å². The number of H-pyrrole nitrogens is 1. The molecule has 4 heterocycles. The Bertz CT molecular complexity index is 1910. The summed E-state index contributed by atoms with van der Waals surface area (Å²) in [7, 11) is 0. The minimum absolute atomic E-state index is 0.227. The fraction of sp³-hybridized carbons (Fsp3) is 0.115. The van der Waals surface area contributed by atoms with Crippen LogP contribution in [-0.4, -0.2) is 46.6 Å². The average molecular weight is 509 g/mol. The molecule has 0 radical (unpaired) electrons. The molecule has 1 aliphatic carbocycles. The van der Waals surface area contributed by atoms with Gasteiger partial charge in [-0.15, -0.1) is 4.80 Å². The van der Waals surface area contributed by atoms with Crippen molar-refractivity contribution in [2.75, 3.05) is 5.32 Å². The number of nitrogens with zero attached hydrogens (tertiary/aromatic N) is 6. The molecule has 1 fully saturated rings. The maximum atomic E-state index is 13.4. The first-order valence-electron chi connectivity index (χ1n) is 11.6. The first-order valence-corrected chi connectivity index (χ1v) is 12.0. The van der Waals surface area contributed by atoms with E-state index in [-0.39, 0.29) is 11.8 Å². The van der Waals surface area contributed by atoms with E-state index in [0.29, 0.717) is 27.4 Å². The number of carbonyl (C=O) groups is 1. The molecular weight excluding hydrogens is 492 g/mol. The number of aromatic amines is 1. The van der Waals surface area contributed by atoms with Gasteiger partial charge in [-0.05, 0) is 31.0 Å². The molecule has 2 N–H and O–H groups in total. The van der Waals surface area contributed by atoms with Crippen LogP contribution in [0.2, 0.25) is 5.02 Å². The summed E-state index contributed by atoms with van der Waals surface area (Å²) >= 11 is 6.37. The molecule has 6 aromatic rings. The van der Waals surface area contributed by atoms with E-state index >= 15 is 0 Å². The van der Waals surface area contributed by atoms with Gasteiger partial charge in [-0.25, -0.2) is 14.5 Å². The molecular formula is C26H17ClN8O2. The highest BCUT2D eigenvalue weighted by Gasteiger charge is 2.33. The fourth-order valence-corrected chi connectivity index (χ4v) is 5.06. The van der Waals surface area contributed by atoms with Crippen LogP contribution in [0.3, 0.4) is 0 Å². The molecule has 0 unspecified atom stereocenters. The molecule has 0 saturated heterocycles. The molecule has 11 heteroatoms. The third kappa shape index (κ3) is 3.42. The highest BCUT2D eigenvalue weighted by molar-refractivity contribution is 6.32. The minimum atomic E-state index is -0.297. The van der Waals surface area contributed by atoms with Crippen LogP contribution in [0.4, 0.5) is 5.69 Å². The first kappa shape index (κ1) is 21.5. The number of anilines is 1. The highest BCUT2D eigenvalue weighted by atomic mass is 35.5. The fourth-order valence-electron chi connectivity index (χ4n) is 4.82. The summed E-state index contributed by atoms with van der Waals surface area (Å²) in [5.41, 5.74) is 3.49. The molecule has 4 aromatic heterocycles. The average Bonchev–Trinajstić information content (AvgIpc) is 3.29. The Morgan fingerprint density at radius 1 is 1.08 bits per heavy atom. The zero-order chi connectivity index (χ0) is 25.1. The standard InChI is InChI=1S/C26H17ClN8O2/c27-19-10-15(11-28-25(19)35-29-8-9-30-35)32-26(37)18-12-31-34(24(18)14-4-5-14)22-7-6-20-23-16(21(13-36)33-20)2-1-3-17(22)23/h1-3,6-12,14,33H,4-5H2,(H,32,37). The van der Waals surface area contributed by atoms with Crippen molar-refractivity contribution in [3.8, 4) is 11.5 Å². The van der Waals surface area contributed by atoms with Crippen LogP contribution in [0.25, 0.3) is 33.2 Å². The molecule has 2 aromatic carbocycles. The predicted octanol–water partition coefficient (Wildman–Crippen LogP) is 3.49. The van der Waals surface area contributed by atoms with Crippen molar-refractivity contribution in [3.05, 3.63) is 82.8 Å². The summed E-state index contributed by atoms with van der Waals surface area (Å²) in [5, 5.41) is 19.0. The molecule has 37 heavy (non-hydrogen) atoms. The van der Waals surface area contributed by atoms with E-state index < -0.39 is 0 Å². The molecule has 1 saturated carbocycles. The van der Waals surface area contributed by atoms with Gasteiger partial charge < -0.3 is 10.3 Å². The molecule has 10 nitrogen and oxygen atoms in total. The molecule has 0 aliphatic heterocycles. The largest absolute Gasteiger partial charge is 0.345 e. The number of nitrogens with one attached hydrogen (secondary N) is 2. The summed E-state index contributed by atoms with van der Waals surface area (Å²) in [4.78, 5) is 33.6. The molecule has 180 valence electrons. The van der Waals surface area contributed by atoms with Gasteiger partial charge in [0.25, 0.3) is 5.91 Å². The lowest BCUT2D eigenvalue weighted by molar-refractivity contribution is 0.102. The lowest BCUT2D eigenvalue weighted by Gasteiger charge is -2.12. The Morgan fingerprint density at radius 3 is 2.65 bits per heavy atom. The van der Waals surface area contributed by atoms with Crippen molar-refractivity contribution in [3.63, 3.8) is 0 Å². The van der Waals surface area contributed by atoms with E-state index in [2.05, 4.69) is 30.6 Å². The Kier molecular flexibility index (Phi) is 4.72. The number of aromatic nitrogens is 7. The van der Waals surface area contributed by atoms with Gasteiger partial charge >= 0.3 is 0 Å². The Balaban J connectivity index is 1.28. The minimum Gasteiger partial charge on any atom is -0.345 e. The van der Waals surface area contributed by atoms with Gasteiger partial charge in [0.2, 0.25) is 0 Å². The van der Waals surface area contributed by atoms with Gasteiger partial charge in [-0.1, -0.05) is 29.8 Å². The van der Waals surface area contributed by atoms with E-state index in [9.17, 15) is 9.59 Å². The molecule has 0 spiro atoms. The van der Waals surface area contributed by atoms with Gasteiger partial charge in [0.05, 0.1) is 52.4 Å². The van der Waals surface area contributed by atoms with Crippen molar-refractivity contribution < 1.29 is 9.59 Å². The zero-order valence-electron chi connectivity index (χ0n) is 19.1. The van der Waals surface area contributed by atoms with Crippen molar-refractivity contribution in [1.82, 2.24) is 34.7 Å². The summed E-state index contributed by atoms with van der Waals surface area (Å²) in [6.07, 6.45) is 8.12. The number of carbonyl (C=O) groups excluding carboxylic acids is 2. The lowest BCUT2D eigenvalue weighted by atomic mass is 10.0. The van der Waals surface area contributed by atoms with E-state index in [4.69, 9.17) is 11.6 Å². The Morgan fingerprint density at radius 2 is 1.89 bits per heavy atom. The number of halogens is 1. The number of hydrogen-bond donors (Lipinski definition) is 2. The second-order valence-electron chi connectivity index (χ2n) is 8.89. The first-order chi connectivity index (χ1) is 18.1. The van der Waals surface area contributed by atoms with E-state index in [0.717, 1.165) is 45.9 Å². The number of amides is 1. The van der Waals surface area contributed by atoms with Crippen LogP contribution in [0.5, 0.6) is 0 Å². The molecule has 0 bridgehead atoms. The van der Waals surface area contributed by atoms with Gasteiger partial charge in [-0.2, -0.15) is 15.3 Å². The zero-order valence-corrected chi connectivity index (χ0v) is 19.9.